The van der Waals surface area contributed by atoms with Crippen LogP contribution in [0.4, 0.5) is 0 Å². The van der Waals surface area contributed by atoms with Crippen molar-refractivity contribution in [2.45, 2.75) is 87.4 Å². The van der Waals surface area contributed by atoms with Crippen molar-refractivity contribution in [2.75, 3.05) is 13.2 Å². The summed E-state index contributed by atoms with van der Waals surface area (Å²) in [6, 6.07) is 0. The molecule has 0 aromatic rings. The van der Waals surface area contributed by atoms with Gasteiger partial charge in [-0.1, -0.05) is 6.58 Å². The highest BCUT2D eigenvalue weighted by Gasteiger charge is 2.55. The highest BCUT2D eigenvalue weighted by molar-refractivity contribution is 5.18. The molecule has 4 rings (SSSR count). The van der Waals surface area contributed by atoms with Crippen LogP contribution in [0.1, 0.15) is 51.4 Å². The van der Waals surface area contributed by atoms with Crippen LogP contribution in [0.2, 0.25) is 0 Å². The molecule has 0 radical (unpaired) electrons. The molecular formula is C18H28O6. The third kappa shape index (κ3) is 2.73. The minimum absolute atomic E-state index is 0.117. The highest BCUT2D eigenvalue weighted by atomic mass is 16.8. The van der Waals surface area contributed by atoms with Crippen LogP contribution in [0.5, 0.6) is 0 Å². The molecule has 6 nitrogen and oxygen atoms in total. The van der Waals surface area contributed by atoms with Crippen LogP contribution >= 0.6 is 0 Å². The molecule has 0 aromatic heterocycles. The molecule has 2 heterocycles. The van der Waals surface area contributed by atoms with E-state index in [1.165, 1.54) is 0 Å². The van der Waals surface area contributed by atoms with Gasteiger partial charge in [-0.15, -0.1) is 0 Å². The summed E-state index contributed by atoms with van der Waals surface area (Å²) in [6.07, 6.45) is 5.98. The zero-order valence-electron chi connectivity index (χ0n) is 14.1. The van der Waals surface area contributed by atoms with Crippen molar-refractivity contribution in [2.24, 2.45) is 0 Å². The topological polar surface area (TPSA) is 77.4 Å². The molecule has 0 amide bonds. The molecule has 2 N–H and O–H groups in total. The maximum Gasteiger partial charge on any atom is 0.169 e. The van der Waals surface area contributed by atoms with E-state index < -0.39 is 36.0 Å². The molecule has 4 fully saturated rings. The summed E-state index contributed by atoms with van der Waals surface area (Å²) in [5, 5.41) is 19.5. The van der Waals surface area contributed by atoms with E-state index in [0.29, 0.717) is 5.57 Å². The fourth-order valence-electron chi connectivity index (χ4n) is 4.70. The quantitative estimate of drug-likeness (QED) is 0.758. The molecule has 4 atom stereocenters. The largest absolute Gasteiger partial charge is 0.394 e. The summed E-state index contributed by atoms with van der Waals surface area (Å²) in [5.74, 6) is -1.17. The first-order chi connectivity index (χ1) is 11.6. The van der Waals surface area contributed by atoms with E-state index in [9.17, 15) is 10.2 Å². The lowest BCUT2D eigenvalue weighted by Gasteiger charge is -2.26. The average molecular weight is 340 g/mol. The predicted molar refractivity (Wildman–Crippen MR) is 85.2 cm³/mol. The number of aliphatic hydroxyl groups excluding tert-OH is 2. The van der Waals surface area contributed by atoms with Crippen molar-refractivity contribution in [1.82, 2.24) is 0 Å². The Hall–Kier alpha value is -0.500. The first-order valence-electron chi connectivity index (χ1n) is 9.22. The van der Waals surface area contributed by atoms with Crippen LogP contribution in [0.3, 0.4) is 0 Å². The Morgan fingerprint density at radius 3 is 1.46 bits per heavy atom. The van der Waals surface area contributed by atoms with Gasteiger partial charge in [-0.2, -0.15) is 0 Å². The lowest BCUT2D eigenvalue weighted by Crippen LogP contribution is -2.38. The molecule has 24 heavy (non-hydrogen) atoms. The normalized spacial score (nSPS) is 40.1. The summed E-state index contributed by atoms with van der Waals surface area (Å²) in [6.45, 7) is 3.96. The van der Waals surface area contributed by atoms with E-state index in [2.05, 4.69) is 6.58 Å². The van der Waals surface area contributed by atoms with Gasteiger partial charge in [0.15, 0.2) is 11.6 Å². The molecule has 6 heteroatoms. The van der Waals surface area contributed by atoms with E-state index in [1.54, 1.807) is 0 Å². The summed E-state index contributed by atoms with van der Waals surface area (Å²) >= 11 is 0. The van der Waals surface area contributed by atoms with Crippen molar-refractivity contribution < 1.29 is 29.2 Å². The molecule has 0 aromatic carbocycles. The first-order valence-corrected chi connectivity index (χ1v) is 9.22. The maximum absolute atomic E-state index is 9.73. The summed E-state index contributed by atoms with van der Waals surface area (Å²) < 4.78 is 24.6. The molecule has 2 aliphatic heterocycles. The lowest BCUT2D eigenvalue weighted by molar-refractivity contribution is -0.174. The third-order valence-electron chi connectivity index (χ3n) is 5.91. The van der Waals surface area contributed by atoms with Gasteiger partial charge in [0.05, 0.1) is 13.2 Å². The van der Waals surface area contributed by atoms with E-state index in [4.69, 9.17) is 18.9 Å². The molecule has 136 valence electrons. The van der Waals surface area contributed by atoms with Crippen LogP contribution in [0.25, 0.3) is 0 Å². The van der Waals surface area contributed by atoms with Gasteiger partial charge in [-0.25, -0.2) is 0 Å². The van der Waals surface area contributed by atoms with Gasteiger partial charge >= 0.3 is 0 Å². The number of aliphatic hydroxyl groups is 2. The van der Waals surface area contributed by atoms with Gasteiger partial charge in [0.25, 0.3) is 0 Å². The fraction of sp³-hybridized carbons (Fsp3) is 0.889. The zero-order chi connectivity index (χ0) is 16.8. The van der Waals surface area contributed by atoms with Crippen molar-refractivity contribution in [3.8, 4) is 0 Å². The van der Waals surface area contributed by atoms with E-state index in [1.807, 2.05) is 0 Å². The Balaban J connectivity index is 1.51. The molecular weight excluding hydrogens is 312 g/mol. The number of hydrogen-bond acceptors (Lipinski definition) is 6. The number of ether oxygens (including phenoxy) is 4. The van der Waals surface area contributed by atoms with Gasteiger partial charge < -0.3 is 29.2 Å². The predicted octanol–water partition coefficient (Wildman–Crippen LogP) is 1.64. The third-order valence-corrected chi connectivity index (χ3v) is 5.91. The van der Waals surface area contributed by atoms with Gasteiger partial charge in [0, 0.05) is 25.7 Å². The first kappa shape index (κ1) is 16.9. The van der Waals surface area contributed by atoms with Crippen LogP contribution in [-0.4, -0.2) is 59.4 Å². The van der Waals surface area contributed by atoms with Crippen molar-refractivity contribution >= 4 is 0 Å². The monoisotopic (exact) mass is 340 g/mol. The minimum atomic E-state index is -0.583. The van der Waals surface area contributed by atoms with Crippen LogP contribution < -0.4 is 0 Å². The Morgan fingerprint density at radius 2 is 1.12 bits per heavy atom. The van der Waals surface area contributed by atoms with Gasteiger partial charge in [0.2, 0.25) is 0 Å². The van der Waals surface area contributed by atoms with Crippen LogP contribution in [-0.2, 0) is 18.9 Å². The van der Waals surface area contributed by atoms with Crippen molar-refractivity contribution in [1.29, 1.82) is 0 Å². The number of hydrogen-bond donors (Lipinski definition) is 2. The lowest BCUT2D eigenvalue weighted by atomic mass is 9.98. The van der Waals surface area contributed by atoms with E-state index >= 15 is 0 Å². The SMILES string of the molecule is C=C([C@H]1OC2(CCCC2)O[C@@H]1CO)[C@H]1OC2(CCCC2)O[C@@H]1CO. The zero-order valence-corrected chi connectivity index (χ0v) is 14.1. The van der Waals surface area contributed by atoms with E-state index in [-0.39, 0.29) is 13.2 Å². The molecule has 4 aliphatic rings. The van der Waals surface area contributed by atoms with Gasteiger partial charge in [-0.3, -0.25) is 0 Å². The standard InChI is InChI=1S/C18H28O6/c1-12(15-13(10-19)21-17(23-15)6-2-3-7-17)16-14(11-20)22-18(24-16)8-4-5-9-18/h13-16,19-20H,1-11H2/t13-,14-,15-,16-/m1/s1. The molecule has 0 bridgehead atoms. The second-order valence-corrected chi connectivity index (χ2v) is 7.57. The maximum atomic E-state index is 9.73. The van der Waals surface area contributed by atoms with Crippen LogP contribution in [0, 0.1) is 0 Å². The summed E-state index contributed by atoms with van der Waals surface area (Å²) in [4.78, 5) is 0. The molecule has 2 saturated heterocycles. The molecule has 0 unspecified atom stereocenters. The Bertz CT molecular complexity index is 438. The fourth-order valence-corrected chi connectivity index (χ4v) is 4.70. The van der Waals surface area contributed by atoms with Gasteiger partial charge in [-0.05, 0) is 31.3 Å². The Morgan fingerprint density at radius 1 is 0.750 bits per heavy atom. The highest BCUT2D eigenvalue weighted by Crippen LogP contribution is 2.47. The van der Waals surface area contributed by atoms with Crippen molar-refractivity contribution in [3.05, 3.63) is 12.2 Å². The Kier molecular flexibility index (Phi) is 4.48. The molecule has 2 aliphatic carbocycles. The van der Waals surface area contributed by atoms with Gasteiger partial charge in [0.1, 0.15) is 24.4 Å². The average Bonchev–Trinajstić information content (AvgIpc) is 3.37. The number of rotatable bonds is 4. The molecule has 2 saturated carbocycles. The second kappa shape index (κ2) is 6.34. The molecule has 2 spiro atoms. The minimum Gasteiger partial charge on any atom is -0.394 e. The second-order valence-electron chi connectivity index (χ2n) is 7.57. The van der Waals surface area contributed by atoms with Crippen LogP contribution in [0.15, 0.2) is 12.2 Å². The summed E-state index contributed by atoms with van der Waals surface area (Å²) in [5.41, 5.74) is 0.709. The van der Waals surface area contributed by atoms with E-state index in [0.717, 1.165) is 51.4 Å². The smallest absolute Gasteiger partial charge is 0.169 e. The van der Waals surface area contributed by atoms with Crippen molar-refractivity contribution in [3.63, 3.8) is 0 Å². The summed E-state index contributed by atoms with van der Waals surface area (Å²) in [7, 11) is 0. The Labute approximate surface area is 142 Å².